The van der Waals surface area contributed by atoms with E-state index in [1.807, 2.05) is 0 Å². The molecule has 0 aliphatic heterocycles. The summed E-state index contributed by atoms with van der Waals surface area (Å²) in [6.07, 6.45) is 2.34. The summed E-state index contributed by atoms with van der Waals surface area (Å²) in [5.74, 6) is -1.02. The Morgan fingerprint density at radius 3 is 3.00 bits per heavy atom. The van der Waals surface area contributed by atoms with Gasteiger partial charge in [0.2, 0.25) is 0 Å². The maximum Gasteiger partial charge on any atom is 0.347 e. The van der Waals surface area contributed by atoms with Crippen molar-refractivity contribution in [2.24, 2.45) is 0 Å². The van der Waals surface area contributed by atoms with Crippen molar-refractivity contribution >= 4 is 5.97 Å². The lowest BCUT2D eigenvalue weighted by atomic mass is 10.2. The first kappa shape index (κ1) is 12.4. The van der Waals surface area contributed by atoms with Crippen molar-refractivity contribution in [2.45, 2.75) is 26.0 Å². The molecule has 0 bridgehead atoms. The van der Waals surface area contributed by atoms with Gasteiger partial charge in [-0.2, -0.15) is 0 Å². The van der Waals surface area contributed by atoms with Gasteiger partial charge >= 0.3 is 11.7 Å². The Balaban J connectivity index is 2.59. The smallest absolute Gasteiger partial charge is 0.347 e. The molecule has 1 aromatic rings. The fourth-order valence-corrected chi connectivity index (χ4v) is 1.29. The van der Waals surface area contributed by atoms with Gasteiger partial charge in [-0.15, -0.1) is 0 Å². The van der Waals surface area contributed by atoms with Crippen LogP contribution in [0.25, 0.3) is 0 Å². The molecule has 0 saturated heterocycles. The lowest BCUT2D eigenvalue weighted by Crippen LogP contribution is -2.29. The van der Waals surface area contributed by atoms with Gasteiger partial charge in [0.1, 0.15) is 0 Å². The predicted octanol–water partition coefficient (Wildman–Crippen LogP) is 0.123. The molecule has 0 aliphatic carbocycles. The molecule has 0 spiro atoms. The normalized spacial score (nSPS) is 12.3. The molecule has 1 rings (SSSR count). The highest BCUT2D eigenvalue weighted by atomic mass is 16.5. The lowest BCUT2D eigenvalue weighted by molar-refractivity contribution is -0.150. The fourth-order valence-electron chi connectivity index (χ4n) is 1.29. The van der Waals surface area contributed by atoms with Gasteiger partial charge in [0.05, 0.1) is 0 Å². The fraction of sp³-hybridized carbons (Fsp3) is 0.500. The van der Waals surface area contributed by atoms with E-state index >= 15 is 0 Å². The lowest BCUT2D eigenvalue weighted by Gasteiger charge is -2.12. The standard InChI is InChI=1S/C10H14N2O4/c1-2-16-8(9(13)14)4-7-12-6-3-5-11-10(12)15/h3,5-6,8H,2,4,7H2,1H3,(H,13,14). The van der Waals surface area contributed by atoms with Gasteiger partial charge in [0, 0.05) is 32.0 Å². The summed E-state index contributed by atoms with van der Waals surface area (Å²) in [4.78, 5) is 25.6. The molecule has 0 saturated carbocycles. The third-order valence-corrected chi connectivity index (χ3v) is 2.06. The highest BCUT2D eigenvalue weighted by Crippen LogP contribution is 2.00. The molecule has 16 heavy (non-hydrogen) atoms. The van der Waals surface area contributed by atoms with E-state index in [-0.39, 0.29) is 18.7 Å². The van der Waals surface area contributed by atoms with E-state index in [0.29, 0.717) is 6.61 Å². The van der Waals surface area contributed by atoms with Gasteiger partial charge in [-0.1, -0.05) is 0 Å². The van der Waals surface area contributed by atoms with E-state index in [4.69, 9.17) is 9.84 Å². The van der Waals surface area contributed by atoms with Crippen LogP contribution in [0.5, 0.6) is 0 Å². The average Bonchev–Trinajstić information content (AvgIpc) is 2.26. The largest absolute Gasteiger partial charge is 0.479 e. The predicted molar refractivity (Wildman–Crippen MR) is 56.2 cm³/mol. The molecule has 0 fully saturated rings. The Morgan fingerprint density at radius 2 is 2.44 bits per heavy atom. The number of carboxylic acids is 1. The first-order valence-corrected chi connectivity index (χ1v) is 5.01. The number of hydrogen-bond donors (Lipinski definition) is 1. The first-order valence-electron chi connectivity index (χ1n) is 5.01. The van der Waals surface area contributed by atoms with Gasteiger partial charge in [0.25, 0.3) is 0 Å². The molecule has 1 heterocycles. The summed E-state index contributed by atoms with van der Waals surface area (Å²) in [5.41, 5.74) is -0.386. The van der Waals surface area contributed by atoms with E-state index in [9.17, 15) is 9.59 Å². The second-order valence-electron chi connectivity index (χ2n) is 3.17. The van der Waals surface area contributed by atoms with Crippen molar-refractivity contribution in [3.8, 4) is 0 Å². The highest BCUT2D eigenvalue weighted by molar-refractivity contribution is 5.72. The van der Waals surface area contributed by atoms with Crippen LogP contribution < -0.4 is 5.69 Å². The number of nitrogens with zero attached hydrogens (tertiary/aromatic N) is 2. The molecule has 0 aliphatic rings. The quantitative estimate of drug-likeness (QED) is 0.745. The Hall–Kier alpha value is -1.69. The SMILES string of the molecule is CCOC(CCn1cccnc1=O)C(=O)O. The van der Waals surface area contributed by atoms with Crippen molar-refractivity contribution in [3.05, 3.63) is 28.9 Å². The van der Waals surface area contributed by atoms with Gasteiger partial charge in [-0.05, 0) is 13.0 Å². The minimum atomic E-state index is -1.02. The van der Waals surface area contributed by atoms with Crippen LogP contribution in [0.15, 0.2) is 23.3 Å². The van der Waals surface area contributed by atoms with Crippen molar-refractivity contribution in [1.82, 2.24) is 9.55 Å². The van der Waals surface area contributed by atoms with Crippen LogP contribution in [0, 0.1) is 0 Å². The minimum Gasteiger partial charge on any atom is -0.479 e. The summed E-state index contributed by atoms with van der Waals surface area (Å²) >= 11 is 0. The summed E-state index contributed by atoms with van der Waals surface area (Å²) in [6, 6.07) is 1.62. The second-order valence-corrected chi connectivity index (χ2v) is 3.17. The monoisotopic (exact) mass is 226 g/mol. The minimum absolute atomic E-state index is 0.245. The molecule has 6 heteroatoms. The molecule has 6 nitrogen and oxygen atoms in total. The maximum absolute atomic E-state index is 11.2. The number of aryl methyl sites for hydroxylation is 1. The molecule has 88 valence electrons. The van der Waals surface area contributed by atoms with Crippen LogP contribution in [0.4, 0.5) is 0 Å². The third-order valence-electron chi connectivity index (χ3n) is 2.06. The Morgan fingerprint density at radius 1 is 1.69 bits per heavy atom. The highest BCUT2D eigenvalue weighted by Gasteiger charge is 2.17. The second kappa shape index (κ2) is 6.02. The Bertz CT molecular complexity index is 402. The van der Waals surface area contributed by atoms with E-state index in [1.54, 1.807) is 19.2 Å². The third kappa shape index (κ3) is 3.47. The number of ether oxygens (including phenoxy) is 1. The molecule has 1 atom stereocenters. The topological polar surface area (TPSA) is 81.4 Å². The summed E-state index contributed by atoms with van der Waals surface area (Å²) in [5, 5.41) is 8.82. The molecule has 1 unspecified atom stereocenters. The van der Waals surface area contributed by atoms with Crippen molar-refractivity contribution in [2.75, 3.05) is 6.61 Å². The first-order chi connectivity index (χ1) is 7.65. The number of rotatable bonds is 6. The zero-order valence-electron chi connectivity index (χ0n) is 9.00. The van der Waals surface area contributed by atoms with Crippen molar-refractivity contribution in [1.29, 1.82) is 0 Å². The molecule has 1 aromatic heterocycles. The van der Waals surface area contributed by atoms with Crippen molar-refractivity contribution in [3.63, 3.8) is 0 Å². The number of aliphatic carboxylic acids is 1. The number of hydrogen-bond acceptors (Lipinski definition) is 4. The van der Waals surface area contributed by atoms with Gasteiger partial charge in [-0.3, -0.25) is 4.57 Å². The molecular formula is C10H14N2O4. The molecule has 0 radical (unpaired) electrons. The van der Waals surface area contributed by atoms with Crippen LogP contribution >= 0.6 is 0 Å². The number of aromatic nitrogens is 2. The molecule has 0 aromatic carbocycles. The molecular weight excluding hydrogens is 212 g/mol. The Labute approximate surface area is 92.5 Å². The van der Waals surface area contributed by atoms with Crippen LogP contribution in [-0.2, 0) is 16.1 Å². The van der Waals surface area contributed by atoms with Gasteiger partial charge in [-0.25, -0.2) is 14.6 Å². The zero-order chi connectivity index (χ0) is 12.0. The van der Waals surface area contributed by atoms with E-state index in [1.165, 1.54) is 10.8 Å². The molecule has 1 N–H and O–H groups in total. The van der Waals surface area contributed by atoms with E-state index in [0.717, 1.165) is 0 Å². The maximum atomic E-state index is 11.2. The van der Waals surface area contributed by atoms with Crippen LogP contribution in [0.3, 0.4) is 0 Å². The summed E-state index contributed by atoms with van der Waals surface area (Å²) < 4.78 is 6.39. The van der Waals surface area contributed by atoms with Gasteiger partial charge < -0.3 is 9.84 Å². The summed E-state index contributed by atoms with van der Waals surface area (Å²) in [7, 11) is 0. The van der Waals surface area contributed by atoms with E-state index < -0.39 is 12.1 Å². The number of carbonyl (C=O) groups is 1. The van der Waals surface area contributed by atoms with Gasteiger partial charge in [0.15, 0.2) is 6.10 Å². The number of carboxylic acid groups (broad SMARTS) is 1. The summed E-state index contributed by atoms with van der Waals surface area (Å²) in [6.45, 7) is 2.34. The van der Waals surface area contributed by atoms with Crippen LogP contribution in [0.1, 0.15) is 13.3 Å². The zero-order valence-corrected chi connectivity index (χ0v) is 9.00. The van der Waals surface area contributed by atoms with Crippen LogP contribution in [0.2, 0.25) is 0 Å². The molecule has 0 amide bonds. The van der Waals surface area contributed by atoms with Crippen molar-refractivity contribution < 1.29 is 14.6 Å². The Kier molecular flexibility index (Phi) is 4.65. The van der Waals surface area contributed by atoms with E-state index in [2.05, 4.69) is 4.98 Å². The average molecular weight is 226 g/mol. The van der Waals surface area contributed by atoms with Crippen LogP contribution in [-0.4, -0.2) is 33.3 Å².